The van der Waals surface area contributed by atoms with E-state index < -0.39 is 68.9 Å². The molecule has 1 fully saturated rings. The number of nitro benzene ring substituents is 1. The van der Waals surface area contributed by atoms with E-state index in [2.05, 4.69) is 0 Å². The molecule has 1 atom stereocenters. The van der Waals surface area contributed by atoms with Crippen LogP contribution in [-0.2, 0) is 24.2 Å². The van der Waals surface area contributed by atoms with Crippen molar-refractivity contribution in [3.8, 4) is 0 Å². The maximum atomic E-state index is 12.7. The number of carbonyl (C=O) groups excluding carboxylic acids is 4. The Kier molecular flexibility index (Phi) is 6.81. The zero-order chi connectivity index (χ0) is 24.5. The van der Waals surface area contributed by atoms with Gasteiger partial charge in [0.2, 0.25) is 0 Å². The van der Waals surface area contributed by atoms with Crippen molar-refractivity contribution in [1.82, 2.24) is 9.80 Å². The second-order valence-corrected chi connectivity index (χ2v) is 10.5. The summed E-state index contributed by atoms with van der Waals surface area (Å²) in [6.45, 7) is 2.48. The molecule has 3 amide bonds. The molecule has 0 spiro atoms. The third-order valence-electron chi connectivity index (χ3n) is 5.35. The van der Waals surface area contributed by atoms with E-state index in [4.69, 9.17) is 4.74 Å². The lowest BCUT2D eigenvalue weighted by atomic mass is 10.1. The first-order valence-electron chi connectivity index (χ1n) is 10.2. The minimum Gasteiger partial charge on any atom is -0.454 e. The molecule has 2 aliphatic rings. The maximum absolute atomic E-state index is 12.7. The second kappa shape index (κ2) is 9.25. The maximum Gasteiger partial charge on any atom is 0.326 e. The fourth-order valence-corrected chi connectivity index (χ4v) is 5.61. The van der Waals surface area contributed by atoms with E-state index in [-0.39, 0.29) is 29.5 Å². The lowest BCUT2D eigenvalue weighted by molar-refractivity contribution is -0.385. The number of sulfone groups is 1. The Hall–Kier alpha value is -3.35. The zero-order valence-electron chi connectivity index (χ0n) is 18.1. The first kappa shape index (κ1) is 24.3. The molecule has 0 N–H and O–H groups in total. The highest BCUT2D eigenvalue weighted by Crippen LogP contribution is 2.30. The number of fused-ring (bicyclic) bond motifs is 1. The Morgan fingerprint density at radius 2 is 1.97 bits per heavy atom. The van der Waals surface area contributed by atoms with Crippen molar-refractivity contribution in [2.24, 2.45) is 5.92 Å². The summed E-state index contributed by atoms with van der Waals surface area (Å²) in [7, 11) is -3.24. The number of ether oxygens (including phenoxy) is 1. The van der Waals surface area contributed by atoms with Crippen LogP contribution in [0.4, 0.5) is 5.69 Å². The highest BCUT2D eigenvalue weighted by atomic mass is 32.2. The summed E-state index contributed by atoms with van der Waals surface area (Å²) < 4.78 is 28.6. The van der Waals surface area contributed by atoms with Crippen LogP contribution in [0.3, 0.4) is 0 Å². The highest BCUT2D eigenvalue weighted by Gasteiger charge is 2.42. The largest absolute Gasteiger partial charge is 0.454 e. The third kappa shape index (κ3) is 5.18. The Morgan fingerprint density at radius 3 is 2.55 bits per heavy atom. The molecule has 0 aromatic heterocycles. The molecule has 33 heavy (non-hydrogen) atoms. The molecule has 0 aliphatic carbocycles. The first-order valence-corrected chi connectivity index (χ1v) is 12.0. The highest BCUT2D eigenvalue weighted by molar-refractivity contribution is 7.91. The van der Waals surface area contributed by atoms with Gasteiger partial charge in [0.25, 0.3) is 23.4 Å². The molecule has 1 unspecified atom stereocenters. The molecule has 0 saturated carbocycles. The Bertz CT molecular complexity index is 1130. The molecule has 13 heteroatoms. The molecule has 1 aromatic rings. The van der Waals surface area contributed by atoms with Crippen molar-refractivity contribution in [2.45, 2.75) is 26.3 Å². The van der Waals surface area contributed by atoms with Crippen LogP contribution in [0.15, 0.2) is 18.2 Å². The number of carbonyl (C=O) groups is 4. The minimum absolute atomic E-state index is 0.0226. The predicted octanol–water partition coefficient (Wildman–Crippen LogP) is 0.406. The van der Waals surface area contributed by atoms with Crippen LogP contribution in [0.25, 0.3) is 0 Å². The predicted molar refractivity (Wildman–Crippen MR) is 113 cm³/mol. The number of nitro groups is 1. The van der Waals surface area contributed by atoms with Crippen molar-refractivity contribution >= 4 is 39.2 Å². The van der Waals surface area contributed by atoms with Crippen molar-refractivity contribution in [3.05, 3.63) is 39.4 Å². The van der Waals surface area contributed by atoms with Gasteiger partial charge in [0.15, 0.2) is 16.4 Å². The van der Waals surface area contributed by atoms with Crippen LogP contribution in [0.5, 0.6) is 0 Å². The topological polar surface area (TPSA) is 161 Å². The number of benzene rings is 1. The van der Waals surface area contributed by atoms with E-state index in [1.807, 2.05) is 13.8 Å². The van der Waals surface area contributed by atoms with Gasteiger partial charge in [-0.15, -0.1) is 0 Å². The molecule has 12 nitrogen and oxygen atoms in total. The molecule has 1 saturated heterocycles. The van der Waals surface area contributed by atoms with Crippen LogP contribution in [0, 0.1) is 16.0 Å². The van der Waals surface area contributed by atoms with Gasteiger partial charge in [0, 0.05) is 18.7 Å². The lowest BCUT2D eigenvalue weighted by Gasteiger charge is -2.29. The fraction of sp³-hybridized carbons (Fsp3) is 0.500. The average Bonchev–Trinajstić information content (AvgIpc) is 3.22. The van der Waals surface area contributed by atoms with Gasteiger partial charge in [-0.05, 0) is 18.4 Å². The van der Waals surface area contributed by atoms with Crippen LogP contribution in [0.1, 0.15) is 41.0 Å². The first-order chi connectivity index (χ1) is 15.4. The van der Waals surface area contributed by atoms with E-state index >= 15 is 0 Å². The van der Waals surface area contributed by atoms with Gasteiger partial charge in [-0.2, -0.15) is 0 Å². The smallest absolute Gasteiger partial charge is 0.326 e. The molecule has 0 bridgehead atoms. The number of hydrogen-bond acceptors (Lipinski definition) is 9. The summed E-state index contributed by atoms with van der Waals surface area (Å²) in [6, 6.07) is 3.07. The van der Waals surface area contributed by atoms with Gasteiger partial charge >= 0.3 is 5.97 Å². The molecule has 1 aromatic carbocycles. The summed E-state index contributed by atoms with van der Waals surface area (Å²) in [5.41, 5.74) is -1.14. The number of nitrogens with zero attached hydrogens (tertiary/aromatic N) is 3. The van der Waals surface area contributed by atoms with E-state index in [1.54, 1.807) is 0 Å². The molecule has 2 aliphatic heterocycles. The number of hydrogen-bond donors (Lipinski definition) is 0. The summed E-state index contributed by atoms with van der Waals surface area (Å²) in [6.07, 6.45) is 0.294. The van der Waals surface area contributed by atoms with E-state index in [9.17, 15) is 37.7 Å². The van der Waals surface area contributed by atoms with Crippen LogP contribution >= 0.6 is 0 Å². The molecule has 3 rings (SSSR count). The van der Waals surface area contributed by atoms with Crippen molar-refractivity contribution in [2.75, 3.05) is 31.2 Å². The number of amides is 3. The Morgan fingerprint density at radius 1 is 1.27 bits per heavy atom. The normalized spacial score (nSPS) is 19.0. The molecule has 178 valence electrons. The van der Waals surface area contributed by atoms with Gasteiger partial charge in [-0.1, -0.05) is 19.9 Å². The van der Waals surface area contributed by atoms with Crippen LogP contribution in [-0.4, -0.2) is 84.1 Å². The molecular weight excluding hydrogens is 458 g/mol. The molecule has 0 radical (unpaired) electrons. The van der Waals surface area contributed by atoms with E-state index in [0.29, 0.717) is 11.3 Å². The quantitative estimate of drug-likeness (QED) is 0.221. The third-order valence-corrected chi connectivity index (χ3v) is 7.10. The van der Waals surface area contributed by atoms with Crippen molar-refractivity contribution < 1.29 is 37.3 Å². The molecule has 2 heterocycles. The number of esters is 1. The summed E-state index contributed by atoms with van der Waals surface area (Å²) >= 11 is 0. The minimum atomic E-state index is -3.24. The number of imide groups is 1. The van der Waals surface area contributed by atoms with Gasteiger partial charge in [-0.25, -0.2) is 8.42 Å². The van der Waals surface area contributed by atoms with E-state index in [0.717, 1.165) is 6.07 Å². The number of rotatable bonds is 8. The SMILES string of the molecule is CC(C)CN(C(=O)COC(=O)CN1C(=O)c2cccc([N+](=O)[O-])c2C1=O)C1CCS(=O)(=O)C1. The fourth-order valence-electron chi connectivity index (χ4n) is 3.88. The zero-order valence-corrected chi connectivity index (χ0v) is 18.9. The van der Waals surface area contributed by atoms with Crippen LogP contribution in [0.2, 0.25) is 0 Å². The summed E-state index contributed by atoms with van der Waals surface area (Å²) in [4.78, 5) is 62.2. The van der Waals surface area contributed by atoms with Gasteiger partial charge < -0.3 is 9.64 Å². The standard InChI is InChI=1S/C20H23N3O9S/c1-12(2)8-21(13-6-7-33(30,31)11-13)16(24)10-32-17(25)9-22-19(26)14-4-3-5-15(23(28)29)18(14)20(22)27/h3-5,12-13H,6-11H2,1-2H3. The monoisotopic (exact) mass is 481 g/mol. The average molecular weight is 481 g/mol. The summed E-state index contributed by atoms with van der Waals surface area (Å²) in [5.74, 6) is -3.65. The van der Waals surface area contributed by atoms with Crippen LogP contribution < -0.4 is 0 Å². The Labute approximate surface area is 189 Å². The van der Waals surface area contributed by atoms with Crippen molar-refractivity contribution in [1.29, 1.82) is 0 Å². The van der Waals surface area contributed by atoms with Crippen molar-refractivity contribution in [3.63, 3.8) is 0 Å². The Balaban J connectivity index is 1.64. The van der Waals surface area contributed by atoms with Gasteiger partial charge in [0.1, 0.15) is 12.1 Å². The summed E-state index contributed by atoms with van der Waals surface area (Å²) in [5, 5.41) is 11.2. The van der Waals surface area contributed by atoms with E-state index in [1.165, 1.54) is 17.0 Å². The lowest BCUT2D eigenvalue weighted by Crippen LogP contribution is -2.45. The van der Waals surface area contributed by atoms with Gasteiger partial charge in [0.05, 0.1) is 22.0 Å². The molecular formula is C20H23N3O9S. The second-order valence-electron chi connectivity index (χ2n) is 8.31. The van der Waals surface area contributed by atoms with Gasteiger partial charge in [-0.3, -0.25) is 34.2 Å².